The van der Waals surface area contributed by atoms with E-state index >= 15 is 0 Å². The number of amides is 2. The van der Waals surface area contributed by atoms with Gasteiger partial charge in [-0.2, -0.15) is 0 Å². The lowest BCUT2D eigenvalue weighted by molar-refractivity contribution is 0.249. The van der Waals surface area contributed by atoms with Gasteiger partial charge in [0.15, 0.2) is 0 Å². The van der Waals surface area contributed by atoms with Gasteiger partial charge in [0.25, 0.3) is 0 Å². The number of nitrogens with one attached hydrogen (secondary N) is 3. The van der Waals surface area contributed by atoms with Gasteiger partial charge in [0.05, 0.1) is 0 Å². The van der Waals surface area contributed by atoms with Gasteiger partial charge in [-0.05, 0) is 56.3 Å². The zero-order valence-electron chi connectivity index (χ0n) is 13.3. The smallest absolute Gasteiger partial charge is 0.319 e. The Labute approximate surface area is 127 Å². The zero-order chi connectivity index (χ0) is 15.3. The number of hydrogen-bond acceptors (Lipinski definition) is 2. The highest BCUT2D eigenvalue weighted by Gasteiger charge is 2.41. The van der Waals surface area contributed by atoms with Gasteiger partial charge < -0.3 is 16.0 Å². The Hall–Kier alpha value is -1.55. The van der Waals surface area contributed by atoms with E-state index < -0.39 is 0 Å². The molecule has 4 nitrogen and oxygen atoms in total. The van der Waals surface area contributed by atoms with Crippen LogP contribution in [0.5, 0.6) is 0 Å². The third kappa shape index (κ3) is 4.46. The van der Waals surface area contributed by atoms with Crippen molar-refractivity contribution in [2.45, 2.75) is 45.6 Å². The number of hydrogen-bond donors (Lipinski definition) is 3. The molecule has 1 fully saturated rings. The summed E-state index contributed by atoms with van der Waals surface area (Å²) in [6, 6.07) is 8.18. The summed E-state index contributed by atoms with van der Waals surface area (Å²) in [6.45, 7) is 5.10. The van der Waals surface area contributed by atoms with Crippen LogP contribution in [0.3, 0.4) is 0 Å². The molecule has 1 atom stereocenters. The lowest BCUT2D eigenvalue weighted by atomic mass is 10.0. The number of urea groups is 1. The topological polar surface area (TPSA) is 53.2 Å². The summed E-state index contributed by atoms with van der Waals surface area (Å²) in [5.74, 6) is 0. The predicted octanol–water partition coefficient (Wildman–Crippen LogP) is 3.67. The van der Waals surface area contributed by atoms with Crippen LogP contribution in [-0.2, 0) is 0 Å². The second kappa shape index (κ2) is 6.94. The maximum atomic E-state index is 11.9. The first-order chi connectivity index (χ1) is 10.1. The highest BCUT2D eigenvalue weighted by Crippen LogP contribution is 2.48. The fraction of sp³-hybridized carbons (Fsp3) is 0.588. The van der Waals surface area contributed by atoms with Gasteiger partial charge in [-0.15, -0.1) is 0 Å². The van der Waals surface area contributed by atoms with Crippen LogP contribution in [0.25, 0.3) is 0 Å². The molecule has 1 aromatic rings. The minimum absolute atomic E-state index is 0.105. The predicted molar refractivity (Wildman–Crippen MR) is 87.5 cm³/mol. The van der Waals surface area contributed by atoms with Crippen LogP contribution in [0.2, 0.25) is 0 Å². The first kappa shape index (κ1) is 15.8. The molecule has 4 heteroatoms. The van der Waals surface area contributed by atoms with E-state index in [1.54, 1.807) is 0 Å². The molecule has 1 saturated carbocycles. The molecule has 0 radical (unpaired) electrons. The molecule has 0 heterocycles. The van der Waals surface area contributed by atoms with Crippen molar-refractivity contribution < 1.29 is 4.79 Å². The normalized spacial score (nSPS) is 17.1. The van der Waals surface area contributed by atoms with Crippen LogP contribution in [0.1, 0.15) is 51.1 Å². The molecule has 0 aromatic heterocycles. The van der Waals surface area contributed by atoms with Crippen LogP contribution >= 0.6 is 0 Å². The molecule has 2 amide bonds. The third-order valence-corrected chi connectivity index (χ3v) is 4.46. The maximum Gasteiger partial charge on any atom is 0.319 e. The molecule has 0 bridgehead atoms. The van der Waals surface area contributed by atoms with Crippen molar-refractivity contribution in [2.75, 3.05) is 18.9 Å². The summed E-state index contributed by atoms with van der Waals surface area (Å²) in [4.78, 5) is 11.9. The Morgan fingerprint density at radius 1 is 1.29 bits per heavy atom. The van der Waals surface area contributed by atoms with E-state index in [9.17, 15) is 4.79 Å². The Bertz CT molecular complexity index is 465. The lowest BCUT2D eigenvalue weighted by Crippen LogP contribution is -2.33. The van der Waals surface area contributed by atoms with E-state index in [2.05, 4.69) is 29.8 Å². The maximum absolute atomic E-state index is 11.9. The Kier molecular flexibility index (Phi) is 5.23. The Morgan fingerprint density at radius 3 is 2.48 bits per heavy atom. The average Bonchev–Trinajstić information content (AvgIpc) is 3.26. The van der Waals surface area contributed by atoms with Crippen molar-refractivity contribution in [1.29, 1.82) is 0 Å². The molecule has 1 unspecified atom stereocenters. The molecule has 116 valence electrons. The van der Waals surface area contributed by atoms with Crippen molar-refractivity contribution in [2.24, 2.45) is 5.41 Å². The third-order valence-electron chi connectivity index (χ3n) is 4.46. The summed E-state index contributed by atoms with van der Waals surface area (Å²) in [7, 11) is 1.94. The van der Waals surface area contributed by atoms with E-state index in [-0.39, 0.29) is 6.03 Å². The van der Waals surface area contributed by atoms with Gasteiger partial charge in [0.1, 0.15) is 0 Å². The standard InChI is InChI=1S/C17H27N3O/c1-4-9-17(10-11-17)12-19-16(21)20-15-7-5-14(6-8-15)13(2)18-3/h5-8,13,18H,4,9-12H2,1-3H3,(H2,19,20,21). The van der Waals surface area contributed by atoms with E-state index in [0.29, 0.717) is 11.5 Å². The van der Waals surface area contributed by atoms with Crippen LogP contribution in [0, 0.1) is 5.41 Å². The van der Waals surface area contributed by atoms with Gasteiger partial charge in [0.2, 0.25) is 0 Å². The summed E-state index contributed by atoms with van der Waals surface area (Å²) < 4.78 is 0. The zero-order valence-corrected chi connectivity index (χ0v) is 13.3. The van der Waals surface area contributed by atoms with Gasteiger partial charge in [0, 0.05) is 18.3 Å². The first-order valence-electron chi connectivity index (χ1n) is 7.91. The molecule has 1 aliphatic rings. The Morgan fingerprint density at radius 2 is 1.95 bits per heavy atom. The quantitative estimate of drug-likeness (QED) is 0.717. The van der Waals surface area contributed by atoms with Crippen molar-refractivity contribution in [3.8, 4) is 0 Å². The fourth-order valence-corrected chi connectivity index (χ4v) is 2.69. The molecule has 0 aliphatic heterocycles. The second-order valence-corrected chi connectivity index (χ2v) is 6.19. The number of benzene rings is 1. The van der Waals surface area contributed by atoms with Crippen LogP contribution < -0.4 is 16.0 Å². The first-order valence-corrected chi connectivity index (χ1v) is 7.91. The summed E-state index contributed by atoms with van der Waals surface area (Å²) in [6.07, 6.45) is 4.90. The number of rotatable bonds is 7. The van der Waals surface area contributed by atoms with E-state index in [1.807, 2.05) is 31.3 Å². The minimum atomic E-state index is -0.105. The van der Waals surface area contributed by atoms with Crippen LogP contribution in [0.15, 0.2) is 24.3 Å². The summed E-state index contributed by atoms with van der Waals surface area (Å²) in [5.41, 5.74) is 2.43. The second-order valence-electron chi connectivity index (χ2n) is 6.19. The molecule has 0 spiro atoms. The largest absolute Gasteiger partial charge is 0.337 e. The Balaban J connectivity index is 1.80. The average molecular weight is 289 g/mol. The van der Waals surface area contributed by atoms with E-state index in [0.717, 1.165) is 12.2 Å². The van der Waals surface area contributed by atoms with Crippen LogP contribution in [0.4, 0.5) is 10.5 Å². The lowest BCUT2D eigenvalue weighted by Gasteiger charge is -2.16. The summed E-state index contributed by atoms with van der Waals surface area (Å²) in [5, 5.41) is 9.10. The monoisotopic (exact) mass is 289 g/mol. The minimum Gasteiger partial charge on any atom is -0.337 e. The molecule has 1 aromatic carbocycles. The number of carbonyl (C=O) groups is 1. The van der Waals surface area contributed by atoms with Crippen molar-refractivity contribution >= 4 is 11.7 Å². The molecule has 3 N–H and O–H groups in total. The molecule has 2 rings (SSSR count). The number of carbonyl (C=O) groups excluding carboxylic acids is 1. The number of anilines is 1. The van der Waals surface area contributed by atoms with Gasteiger partial charge in [-0.25, -0.2) is 4.79 Å². The van der Waals surface area contributed by atoms with Crippen molar-refractivity contribution in [3.63, 3.8) is 0 Å². The van der Waals surface area contributed by atoms with Gasteiger partial charge in [-0.1, -0.05) is 25.5 Å². The molecule has 0 saturated heterocycles. The summed E-state index contributed by atoms with van der Waals surface area (Å²) >= 11 is 0. The van der Waals surface area contributed by atoms with Gasteiger partial charge in [-0.3, -0.25) is 0 Å². The van der Waals surface area contributed by atoms with Gasteiger partial charge >= 0.3 is 6.03 Å². The fourth-order valence-electron chi connectivity index (χ4n) is 2.69. The molecular weight excluding hydrogens is 262 g/mol. The highest BCUT2D eigenvalue weighted by molar-refractivity contribution is 5.89. The van der Waals surface area contributed by atoms with E-state index in [1.165, 1.54) is 31.2 Å². The molecular formula is C17H27N3O. The highest BCUT2D eigenvalue weighted by atomic mass is 16.2. The van der Waals surface area contributed by atoms with E-state index in [4.69, 9.17) is 0 Å². The van der Waals surface area contributed by atoms with Crippen molar-refractivity contribution in [1.82, 2.24) is 10.6 Å². The molecule has 21 heavy (non-hydrogen) atoms. The molecule has 1 aliphatic carbocycles. The van der Waals surface area contributed by atoms with Crippen LogP contribution in [-0.4, -0.2) is 19.6 Å². The SMILES string of the molecule is CCCC1(CNC(=O)Nc2ccc(C(C)NC)cc2)CC1. The van der Waals surface area contributed by atoms with Crippen molar-refractivity contribution in [3.05, 3.63) is 29.8 Å².